The molecule has 1 N–H and O–H groups in total. The second kappa shape index (κ2) is 6.66. The van der Waals surface area contributed by atoms with Crippen molar-refractivity contribution in [2.75, 3.05) is 26.7 Å². The first-order valence-electron chi connectivity index (χ1n) is 7.02. The van der Waals surface area contributed by atoms with Gasteiger partial charge in [0, 0.05) is 12.1 Å². The smallest absolute Gasteiger partial charge is 0.391 e. The van der Waals surface area contributed by atoms with Crippen molar-refractivity contribution in [3.8, 4) is 5.75 Å². The summed E-state index contributed by atoms with van der Waals surface area (Å²) in [4.78, 5) is 1.87. The van der Waals surface area contributed by atoms with Crippen molar-refractivity contribution in [1.82, 2.24) is 4.90 Å². The van der Waals surface area contributed by atoms with E-state index in [2.05, 4.69) is 0 Å². The molecule has 0 saturated carbocycles. The second-order valence-corrected chi connectivity index (χ2v) is 5.37. The third kappa shape index (κ3) is 4.11. The van der Waals surface area contributed by atoms with E-state index < -0.39 is 18.2 Å². The number of rotatable bonds is 4. The van der Waals surface area contributed by atoms with Gasteiger partial charge in [0.2, 0.25) is 0 Å². The number of hydrogen-bond acceptors (Lipinski definition) is 3. The van der Waals surface area contributed by atoms with E-state index in [0.717, 1.165) is 0 Å². The Morgan fingerprint density at radius 2 is 1.90 bits per heavy atom. The van der Waals surface area contributed by atoms with E-state index in [-0.39, 0.29) is 12.8 Å². The standard InChI is InChI=1S/C15H20F3NO2/c1-21-14-5-3-2-4-12(14)13(20)10-19-8-6-11(7-9-19)15(16,17)18/h2-5,11,13,20H,6-10H2,1H3. The molecule has 0 amide bonds. The van der Waals surface area contributed by atoms with Gasteiger partial charge in [-0.25, -0.2) is 0 Å². The number of para-hydroxylation sites is 1. The molecule has 1 atom stereocenters. The Kier molecular flexibility index (Phi) is 5.11. The van der Waals surface area contributed by atoms with Gasteiger partial charge in [-0.1, -0.05) is 18.2 Å². The first kappa shape index (κ1) is 16.1. The van der Waals surface area contributed by atoms with Gasteiger partial charge < -0.3 is 14.7 Å². The number of benzene rings is 1. The lowest BCUT2D eigenvalue weighted by Gasteiger charge is -2.34. The van der Waals surface area contributed by atoms with Gasteiger partial charge in [0.1, 0.15) is 5.75 Å². The molecule has 118 valence electrons. The zero-order valence-electron chi connectivity index (χ0n) is 11.9. The summed E-state index contributed by atoms with van der Waals surface area (Å²) in [5.74, 6) is -0.618. The van der Waals surface area contributed by atoms with Gasteiger partial charge >= 0.3 is 6.18 Å². The normalized spacial score (nSPS) is 19.5. The first-order chi connectivity index (χ1) is 9.91. The molecule has 1 saturated heterocycles. The average molecular weight is 303 g/mol. The van der Waals surface area contributed by atoms with Crippen LogP contribution in [0.5, 0.6) is 5.75 Å². The lowest BCUT2D eigenvalue weighted by molar-refractivity contribution is -0.185. The predicted molar refractivity (Wildman–Crippen MR) is 73.2 cm³/mol. The highest BCUT2D eigenvalue weighted by atomic mass is 19.4. The maximum Gasteiger partial charge on any atom is 0.391 e. The van der Waals surface area contributed by atoms with E-state index in [1.807, 2.05) is 11.0 Å². The highest BCUT2D eigenvalue weighted by Gasteiger charge is 2.41. The Morgan fingerprint density at radius 3 is 2.48 bits per heavy atom. The van der Waals surface area contributed by atoms with Crippen molar-refractivity contribution < 1.29 is 23.0 Å². The number of nitrogens with zero attached hydrogens (tertiary/aromatic N) is 1. The minimum absolute atomic E-state index is 0.0993. The van der Waals surface area contributed by atoms with Crippen LogP contribution in [0.3, 0.4) is 0 Å². The average Bonchev–Trinajstić information content (AvgIpc) is 2.46. The number of methoxy groups -OCH3 is 1. The highest BCUT2D eigenvalue weighted by molar-refractivity contribution is 5.35. The van der Waals surface area contributed by atoms with E-state index in [0.29, 0.717) is 30.9 Å². The summed E-state index contributed by atoms with van der Waals surface area (Å²) in [7, 11) is 1.53. The molecule has 1 aromatic rings. The third-order valence-corrected chi connectivity index (χ3v) is 3.98. The molecule has 1 aromatic carbocycles. The topological polar surface area (TPSA) is 32.7 Å². The quantitative estimate of drug-likeness (QED) is 0.928. The summed E-state index contributed by atoms with van der Waals surface area (Å²) in [5, 5.41) is 10.3. The summed E-state index contributed by atoms with van der Waals surface area (Å²) in [6.07, 6.45) is -4.67. The molecule has 1 aliphatic heterocycles. The largest absolute Gasteiger partial charge is 0.496 e. The molecule has 3 nitrogen and oxygen atoms in total. The fraction of sp³-hybridized carbons (Fsp3) is 0.600. The summed E-state index contributed by atoms with van der Waals surface area (Å²) in [6, 6.07) is 7.14. The van der Waals surface area contributed by atoms with Crippen LogP contribution in [0.15, 0.2) is 24.3 Å². The van der Waals surface area contributed by atoms with Gasteiger partial charge in [0.05, 0.1) is 19.1 Å². The molecule has 2 rings (SSSR count). The van der Waals surface area contributed by atoms with Crippen LogP contribution < -0.4 is 4.74 Å². The van der Waals surface area contributed by atoms with E-state index in [1.54, 1.807) is 18.2 Å². The Balaban J connectivity index is 1.91. The number of likely N-dealkylation sites (tertiary alicyclic amines) is 1. The van der Waals surface area contributed by atoms with E-state index >= 15 is 0 Å². The van der Waals surface area contributed by atoms with E-state index in [1.165, 1.54) is 7.11 Å². The zero-order valence-corrected chi connectivity index (χ0v) is 11.9. The number of ether oxygens (including phenoxy) is 1. The fourth-order valence-electron chi connectivity index (χ4n) is 2.73. The summed E-state index contributed by atoms with van der Waals surface area (Å²) < 4.78 is 43.0. The third-order valence-electron chi connectivity index (χ3n) is 3.98. The van der Waals surface area contributed by atoms with Crippen molar-refractivity contribution in [3.05, 3.63) is 29.8 Å². The Labute approximate surface area is 122 Å². The molecule has 1 aliphatic rings. The van der Waals surface area contributed by atoms with Gasteiger partial charge in [0.25, 0.3) is 0 Å². The second-order valence-electron chi connectivity index (χ2n) is 5.37. The predicted octanol–water partition coefficient (Wildman–Crippen LogP) is 3.00. The molecular formula is C15H20F3NO2. The molecule has 1 unspecified atom stereocenters. The van der Waals surface area contributed by atoms with Crippen LogP contribution in [0.2, 0.25) is 0 Å². The van der Waals surface area contributed by atoms with Crippen LogP contribution >= 0.6 is 0 Å². The molecule has 0 aromatic heterocycles. The van der Waals surface area contributed by atoms with Gasteiger partial charge in [-0.3, -0.25) is 0 Å². The molecule has 1 heterocycles. The van der Waals surface area contributed by atoms with Gasteiger partial charge in [-0.2, -0.15) is 13.2 Å². The fourth-order valence-corrected chi connectivity index (χ4v) is 2.73. The van der Waals surface area contributed by atoms with Crippen LogP contribution in [0.1, 0.15) is 24.5 Å². The first-order valence-corrected chi connectivity index (χ1v) is 7.02. The number of alkyl halides is 3. The minimum atomic E-state index is -4.10. The number of β-amino-alcohol motifs (C(OH)–C–C–N with tert-alkyl or cyclic N) is 1. The number of halogens is 3. The van der Waals surface area contributed by atoms with Gasteiger partial charge in [-0.05, 0) is 32.0 Å². The molecule has 6 heteroatoms. The molecule has 0 radical (unpaired) electrons. The van der Waals surface area contributed by atoms with E-state index in [4.69, 9.17) is 4.74 Å². The number of aliphatic hydroxyl groups is 1. The van der Waals surface area contributed by atoms with Crippen molar-refractivity contribution in [2.45, 2.75) is 25.1 Å². The molecule has 0 bridgehead atoms. The monoisotopic (exact) mass is 303 g/mol. The van der Waals surface area contributed by atoms with Crippen LogP contribution in [0.25, 0.3) is 0 Å². The van der Waals surface area contributed by atoms with E-state index in [9.17, 15) is 18.3 Å². The van der Waals surface area contributed by atoms with Crippen LogP contribution in [-0.2, 0) is 0 Å². The van der Waals surface area contributed by atoms with Crippen molar-refractivity contribution in [3.63, 3.8) is 0 Å². The Morgan fingerprint density at radius 1 is 1.29 bits per heavy atom. The zero-order chi connectivity index (χ0) is 15.5. The lowest BCUT2D eigenvalue weighted by Crippen LogP contribution is -2.40. The maximum absolute atomic E-state index is 12.6. The molecular weight excluding hydrogens is 283 g/mol. The van der Waals surface area contributed by atoms with Crippen molar-refractivity contribution in [2.24, 2.45) is 5.92 Å². The highest BCUT2D eigenvalue weighted by Crippen LogP contribution is 2.34. The Bertz CT molecular complexity index is 456. The summed E-state index contributed by atoms with van der Waals surface area (Å²) in [5.41, 5.74) is 0.665. The molecule has 1 fully saturated rings. The van der Waals surface area contributed by atoms with Crippen molar-refractivity contribution in [1.29, 1.82) is 0 Å². The number of aliphatic hydroxyl groups excluding tert-OH is 1. The minimum Gasteiger partial charge on any atom is -0.496 e. The molecule has 0 aliphatic carbocycles. The SMILES string of the molecule is COc1ccccc1C(O)CN1CCC(C(F)(F)F)CC1. The Hall–Kier alpha value is -1.27. The summed E-state index contributed by atoms with van der Waals surface area (Å²) >= 11 is 0. The van der Waals surface area contributed by atoms with Gasteiger partial charge in [0.15, 0.2) is 0 Å². The van der Waals surface area contributed by atoms with Crippen LogP contribution in [0.4, 0.5) is 13.2 Å². The number of piperidine rings is 1. The summed E-state index contributed by atoms with van der Waals surface area (Å²) in [6.45, 7) is 1.04. The lowest BCUT2D eigenvalue weighted by atomic mass is 9.95. The molecule has 0 spiro atoms. The van der Waals surface area contributed by atoms with Crippen LogP contribution in [0, 0.1) is 5.92 Å². The van der Waals surface area contributed by atoms with Crippen LogP contribution in [-0.4, -0.2) is 42.9 Å². The van der Waals surface area contributed by atoms with Gasteiger partial charge in [-0.15, -0.1) is 0 Å². The molecule has 21 heavy (non-hydrogen) atoms. The van der Waals surface area contributed by atoms with Crippen molar-refractivity contribution >= 4 is 0 Å². The maximum atomic E-state index is 12.6. The number of hydrogen-bond donors (Lipinski definition) is 1.